The van der Waals surface area contributed by atoms with E-state index in [9.17, 15) is 4.79 Å². The maximum Gasteiger partial charge on any atom is 0.239 e. The zero-order chi connectivity index (χ0) is 19.6. The van der Waals surface area contributed by atoms with Gasteiger partial charge in [-0.15, -0.1) is 0 Å². The van der Waals surface area contributed by atoms with Crippen LogP contribution in [-0.2, 0) is 4.79 Å². The molecular weight excluding hydrogens is 368 g/mol. The number of aromatic amines is 1. The normalized spacial score (nSPS) is 17.0. The second-order valence-electron chi connectivity index (χ2n) is 7.21. The minimum atomic E-state index is -0.0246. The Labute approximate surface area is 167 Å². The predicted octanol–water partition coefficient (Wildman–Crippen LogP) is 1.80. The lowest BCUT2D eigenvalue weighted by atomic mass is 10.1. The average molecular weight is 390 g/mol. The van der Waals surface area contributed by atoms with Gasteiger partial charge in [-0.3, -0.25) is 9.20 Å². The molecule has 3 N–H and O–H groups in total. The van der Waals surface area contributed by atoms with Gasteiger partial charge in [0.05, 0.1) is 11.9 Å². The van der Waals surface area contributed by atoms with Crippen molar-refractivity contribution in [2.45, 2.75) is 18.9 Å². The molecule has 1 unspecified atom stereocenters. The Hall–Kier alpha value is -3.62. The summed E-state index contributed by atoms with van der Waals surface area (Å²) in [5.74, 6) is 1.74. The fourth-order valence-corrected chi connectivity index (χ4v) is 3.94. The first-order valence-corrected chi connectivity index (χ1v) is 9.76. The van der Waals surface area contributed by atoms with Gasteiger partial charge in [0.1, 0.15) is 29.3 Å². The van der Waals surface area contributed by atoms with Gasteiger partial charge in [0.15, 0.2) is 0 Å². The van der Waals surface area contributed by atoms with Crippen LogP contribution in [0.2, 0.25) is 0 Å². The van der Waals surface area contributed by atoms with E-state index in [0.29, 0.717) is 0 Å². The summed E-state index contributed by atoms with van der Waals surface area (Å²) in [5, 5.41) is 7.36. The van der Waals surface area contributed by atoms with Crippen LogP contribution in [0.5, 0.6) is 0 Å². The van der Waals surface area contributed by atoms with E-state index in [1.54, 1.807) is 12.5 Å². The Morgan fingerprint density at radius 2 is 2.21 bits per heavy atom. The van der Waals surface area contributed by atoms with Crippen molar-refractivity contribution in [1.29, 1.82) is 0 Å². The molecule has 1 fully saturated rings. The molecule has 148 valence electrons. The van der Waals surface area contributed by atoms with Crippen molar-refractivity contribution in [2.75, 3.05) is 29.9 Å². The highest BCUT2D eigenvalue weighted by Crippen LogP contribution is 2.25. The van der Waals surface area contributed by atoms with Crippen LogP contribution < -0.4 is 15.5 Å². The van der Waals surface area contributed by atoms with Gasteiger partial charge in [0.25, 0.3) is 0 Å². The standard InChI is InChI=1S/C20H22N8O/c29-18(11-23-17-5-1-4-16-21-8-10-28(16)17)26-14-3-2-9-27(12-14)20-15-6-7-22-19(15)24-13-25-20/h1,4-8,10,13-14,23H,2-3,9,11-12H2,(H,26,29)(H,22,24,25). The fraction of sp³-hybridized carbons (Fsp3) is 0.300. The Balaban J connectivity index is 1.22. The van der Waals surface area contributed by atoms with Crippen LogP contribution in [0.25, 0.3) is 16.7 Å². The van der Waals surface area contributed by atoms with Crippen molar-refractivity contribution in [1.82, 2.24) is 29.7 Å². The zero-order valence-corrected chi connectivity index (χ0v) is 15.9. The molecule has 5 heterocycles. The van der Waals surface area contributed by atoms with Crippen LogP contribution in [-0.4, -0.2) is 55.9 Å². The summed E-state index contributed by atoms with van der Waals surface area (Å²) >= 11 is 0. The van der Waals surface area contributed by atoms with Gasteiger partial charge >= 0.3 is 0 Å². The molecule has 1 aliphatic rings. The van der Waals surface area contributed by atoms with E-state index in [0.717, 1.165) is 54.2 Å². The highest BCUT2D eigenvalue weighted by Gasteiger charge is 2.23. The van der Waals surface area contributed by atoms with Gasteiger partial charge in [0, 0.05) is 37.7 Å². The van der Waals surface area contributed by atoms with Crippen LogP contribution in [0.3, 0.4) is 0 Å². The van der Waals surface area contributed by atoms with Crippen molar-refractivity contribution in [3.05, 3.63) is 49.2 Å². The van der Waals surface area contributed by atoms with Crippen LogP contribution in [0, 0.1) is 0 Å². The molecule has 1 atom stereocenters. The number of carbonyl (C=O) groups is 1. The molecule has 0 saturated carbocycles. The van der Waals surface area contributed by atoms with E-state index in [1.807, 2.05) is 41.1 Å². The fourth-order valence-electron chi connectivity index (χ4n) is 3.94. The number of H-pyrrole nitrogens is 1. The van der Waals surface area contributed by atoms with Crippen molar-refractivity contribution in [3.63, 3.8) is 0 Å². The lowest BCUT2D eigenvalue weighted by Crippen LogP contribution is -2.49. The van der Waals surface area contributed by atoms with Gasteiger partial charge in [-0.25, -0.2) is 15.0 Å². The number of hydrogen-bond acceptors (Lipinski definition) is 6. The van der Waals surface area contributed by atoms with E-state index in [4.69, 9.17) is 0 Å². The number of carbonyl (C=O) groups excluding carboxylic acids is 1. The maximum atomic E-state index is 12.5. The van der Waals surface area contributed by atoms with E-state index < -0.39 is 0 Å². The number of hydrogen-bond donors (Lipinski definition) is 3. The monoisotopic (exact) mass is 390 g/mol. The summed E-state index contributed by atoms with van der Waals surface area (Å²) in [6.07, 6.45) is 9.03. The van der Waals surface area contributed by atoms with Gasteiger partial charge in [-0.2, -0.15) is 0 Å². The first-order valence-electron chi connectivity index (χ1n) is 9.76. The molecule has 9 heteroatoms. The molecule has 0 bridgehead atoms. The highest BCUT2D eigenvalue weighted by atomic mass is 16.2. The number of pyridine rings is 1. The average Bonchev–Trinajstić information content (AvgIpc) is 3.41. The lowest BCUT2D eigenvalue weighted by Gasteiger charge is -2.34. The number of imidazole rings is 1. The van der Waals surface area contributed by atoms with Gasteiger partial charge < -0.3 is 20.5 Å². The second-order valence-corrected chi connectivity index (χ2v) is 7.21. The number of amides is 1. The summed E-state index contributed by atoms with van der Waals surface area (Å²) in [6.45, 7) is 1.87. The highest BCUT2D eigenvalue weighted by molar-refractivity contribution is 5.87. The second kappa shape index (κ2) is 7.42. The summed E-state index contributed by atoms with van der Waals surface area (Å²) in [4.78, 5) is 30.9. The quantitative estimate of drug-likeness (QED) is 0.480. The summed E-state index contributed by atoms with van der Waals surface area (Å²) in [5.41, 5.74) is 1.68. The van der Waals surface area contributed by atoms with E-state index in [-0.39, 0.29) is 18.5 Å². The van der Waals surface area contributed by atoms with Crippen molar-refractivity contribution in [2.24, 2.45) is 0 Å². The van der Waals surface area contributed by atoms with Crippen molar-refractivity contribution in [3.8, 4) is 0 Å². The largest absolute Gasteiger partial charge is 0.362 e. The summed E-state index contributed by atoms with van der Waals surface area (Å²) in [7, 11) is 0. The number of anilines is 2. The number of nitrogens with one attached hydrogen (secondary N) is 3. The van der Waals surface area contributed by atoms with Crippen molar-refractivity contribution < 1.29 is 4.79 Å². The van der Waals surface area contributed by atoms with E-state index in [1.165, 1.54) is 0 Å². The van der Waals surface area contributed by atoms with Gasteiger partial charge in [0.2, 0.25) is 5.91 Å². The van der Waals surface area contributed by atoms with Crippen LogP contribution in [0.4, 0.5) is 11.6 Å². The molecule has 4 aromatic heterocycles. The number of rotatable bonds is 5. The Morgan fingerprint density at radius 1 is 1.24 bits per heavy atom. The van der Waals surface area contributed by atoms with Crippen LogP contribution in [0.1, 0.15) is 12.8 Å². The van der Waals surface area contributed by atoms with E-state index in [2.05, 4.69) is 35.5 Å². The summed E-state index contributed by atoms with van der Waals surface area (Å²) < 4.78 is 1.92. The smallest absolute Gasteiger partial charge is 0.239 e. The predicted molar refractivity (Wildman–Crippen MR) is 111 cm³/mol. The number of nitrogens with zero attached hydrogens (tertiary/aromatic N) is 5. The number of fused-ring (bicyclic) bond motifs is 2. The molecule has 0 spiro atoms. The first-order chi connectivity index (χ1) is 14.3. The Kier molecular flexibility index (Phi) is 4.47. The minimum absolute atomic E-state index is 0.0246. The topological polar surface area (TPSA) is 103 Å². The third-order valence-corrected chi connectivity index (χ3v) is 5.28. The summed E-state index contributed by atoms with van der Waals surface area (Å²) in [6, 6.07) is 7.86. The molecule has 0 radical (unpaired) electrons. The molecule has 1 aliphatic heterocycles. The number of piperidine rings is 1. The SMILES string of the molecule is O=C(CNc1cccc2nccn12)NC1CCCN(c2ncnc3[nH]ccc23)C1. The van der Waals surface area contributed by atoms with E-state index >= 15 is 0 Å². The zero-order valence-electron chi connectivity index (χ0n) is 15.9. The Bertz CT molecular complexity index is 1150. The first kappa shape index (κ1) is 17.5. The molecule has 1 amide bonds. The maximum absolute atomic E-state index is 12.5. The minimum Gasteiger partial charge on any atom is -0.362 e. The van der Waals surface area contributed by atoms with Crippen LogP contribution >= 0.6 is 0 Å². The van der Waals surface area contributed by atoms with Gasteiger partial charge in [-0.1, -0.05) is 6.07 Å². The molecule has 0 aliphatic carbocycles. The molecule has 4 aromatic rings. The Morgan fingerprint density at radius 3 is 3.17 bits per heavy atom. The van der Waals surface area contributed by atoms with Crippen molar-refractivity contribution >= 4 is 34.2 Å². The molecule has 9 nitrogen and oxygen atoms in total. The molecule has 1 saturated heterocycles. The third-order valence-electron chi connectivity index (χ3n) is 5.28. The lowest BCUT2D eigenvalue weighted by molar-refractivity contribution is -0.120. The number of aromatic nitrogens is 5. The molecule has 29 heavy (non-hydrogen) atoms. The molecule has 5 rings (SSSR count). The molecular formula is C20H22N8O. The van der Waals surface area contributed by atoms with Crippen LogP contribution in [0.15, 0.2) is 49.2 Å². The van der Waals surface area contributed by atoms with Gasteiger partial charge in [-0.05, 0) is 31.0 Å². The third kappa shape index (κ3) is 3.46. The molecule has 0 aromatic carbocycles.